The molecule has 2 aromatic heterocycles. The molecule has 5 rings (SSSR count). The van der Waals surface area contributed by atoms with Crippen molar-refractivity contribution in [1.29, 1.82) is 5.26 Å². The molecule has 0 aliphatic heterocycles. The Hall–Kier alpha value is -4.52. The van der Waals surface area contributed by atoms with Crippen LogP contribution in [0.5, 0.6) is 0 Å². The van der Waals surface area contributed by atoms with Gasteiger partial charge in [-0.05, 0) is 42.0 Å². The van der Waals surface area contributed by atoms with Crippen LogP contribution < -0.4 is 4.90 Å². The Kier molecular flexibility index (Phi) is 7.68. The number of nitriles is 1. The number of nitrogens with zero attached hydrogens (tertiary/aromatic N) is 6. The SMILES string of the molecule is Cn1cncc1CN(CCN(Cc1ccccc1)S(=O)(=O)c1cccc2cccnc12)c1ccc(C#N)cc1. The number of aryl methyl sites for hydroxylation is 1. The topological polar surface area (TPSA) is 95.1 Å². The van der Waals surface area contributed by atoms with Gasteiger partial charge in [-0.3, -0.25) is 4.98 Å². The molecule has 0 bridgehead atoms. The zero-order valence-corrected chi connectivity index (χ0v) is 22.4. The molecular formula is C30H28N6O2S. The number of hydrogen-bond donors (Lipinski definition) is 0. The molecule has 0 saturated carbocycles. The van der Waals surface area contributed by atoms with Crippen LogP contribution in [0.1, 0.15) is 16.8 Å². The summed E-state index contributed by atoms with van der Waals surface area (Å²) in [6, 6.07) is 28.0. The molecule has 0 atom stereocenters. The van der Waals surface area contributed by atoms with Gasteiger partial charge < -0.3 is 9.47 Å². The molecule has 0 aliphatic rings. The first-order chi connectivity index (χ1) is 19.0. The van der Waals surface area contributed by atoms with Crippen molar-refractivity contribution in [2.24, 2.45) is 7.05 Å². The molecule has 5 aromatic rings. The standard InChI is InChI=1S/C30H28N6O2S/c1-34-23-32-20-28(34)22-35(27-14-12-24(19-31)13-15-27)17-18-36(21-25-7-3-2-4-8-25)39(37,38)29-11-5-9-26-10-6-16-33-30(26)29/h2-16,20,23H,17-18,21-22H2,1H3. The van der Waals surface area contributed by atoms with E-state index in [-0.39, 0.29) is 18.0 Å². The quantitative estimate of drug-likeness (QED) is 0.256. The van der Waals surface area contributed by atoms with Gasteiger partial charge in [0.15, 0.2) is 0 Å². The van der Waals surface area contributed by atoms with E-state index < -0.39 is 10.0 Å². The van der Waals surface area contributed by atoms with Gasteiger partial charge in [-0.1, -0.05) is 48.5 Å². The monoisotopic (exact) mass is 536 g/mol. The average molecular weight is 537 g/mol. The summed E-state index contributed by atoms with van der Waals surface area (Å²) in [4.78, 5) is 10.9. The van der Waals surface area contributed by atoms with Crippen molar-refractivity contribution in [2.75, 3.05) is 18.0 Å². The van der Waals surface area contributed by atoms with Crippen LogP contribution in [0.15, 0.2) is 109 Å². The number of aromatic nitrogens is 3. The van der Waals surface area contributed by atoms with Crippen LogP contribution in [0.3, 0.4) is 0 Å². The van der Waals surface area contributed by atoms with E-state index in [4.69, 9.17) is 0 Å². The Bertz CT molecular complexity index is 1710. The summed E-state index contributed by atoms with van der Waals surface area (Å²) in [5.74, 6) is 0. The van der Waals surface area contributed by atoms with E-state index >= 15 is 0 Å². The van der Waals surface area contributed by atoms with Crippen molar-refractivity contribution in [3.8, 4) is 6.07 Å². The first-order valence-electron chi connectivity index (χ1n) is 12.5. The van der Waals surface area contributed by atoms with Crippen LogP contribution in [0, 0.1) is 11.3 Å². The van der Waals surface area contributed by atoms with E-state index in [0.717, 1.165) is 22.3 Å². The van der Waals surface area contributed by atoms with Gasteiger partial charge in [0.25, 0.3) is 0 Å². The number of rotatable bonds is 10. The van der Waals surface area contributed by atoms with Crippen molar-refractivity contribution in [3.05, 3.63) is 120 Å². The Labute approximate surface area is 228 Å². The number of fused-ring (bicyclic) bond motifs is 1. The van der Waals surface area contributed by atoms with E-state index in [2.05, 4.69) is 20.9 Å². The number of anilines is 1. The largest absolute Gasteiger partial charge is 0.364 e. The molecule has 3 aromatic carbocycles. The third kappa shape index (κ3) is 5.82. The normalized spacial score (nSPS) is 11.5. The van der Waals surface area contributed by atoms with Gasteiger partial charge in [0, 0.05) is 50.1 Å². The van der Waals surface area contributed by atoms with Crippen molar-refractivity contribution >= 4 is 26.6 Å². The highest BCUT2D eigenvalue weighted by molar-refractivity contribution is 7.89. The van der Waals surface area contributed by atoms with Gasteiger partial charge in [-0.15, -0.1) is 0 Å². The second kappa shape index (κ2) is 11.5. The van der Waals surface area contributed by atoms with Gasteiger partial charge in [0.05, 0.1) is 35.7 Å². The number of pyridine rings is 1. The van der Waals surface area contributed by atoms with Crippen molar-refractivity contribution in [2.45, 2.75) is 18.0 Å². The highest BCUT2D eigenvalue weighted by atomic mass is 32.2. The van der Waals surface area contributed by atoms with Crippen LogP contribution >= 0.6 is 0 Å². The molecule has 0 N–H and O–H groups in total. The fourth-order valence-corrected chi connectivity index (χ4v) is 6.09. The number of para-hydroxylation sites is 1. The zero-order valence-electron chi connectivity index (χ0n) is 21.6. The summed E-state index contributed by atoms with van der Waals surface area (Å²) in [6.07, 6.45) is 5.16. The first-order valence-corrected chi connectivity index (χ1v) is 14.0. The van der Waals surface area contributed by atoms with E-state index in [1.54, 1.807) is 49.1 Å². The Balaban J connectivity index is 1.50. The van der Waals surface area contributed by atoms with E-state index in [0.29, 0.717) is 24.2 Å². The maximum absolute atomic E-state index is 14.2. The van der Waals surface area contributed by atoms with Crippen LogP contribution in [-0.2, 0) is 30.2 Å². The van der Waals surface area contributed by atoms with Crippen LogP contribution in [0.4, 0.5) is 5.69 Å². The second-order valence-electron chi connectivity index (χ2n) is 9.23. The minimum Gasteiger partial charge on any atom is -0.364 e. The lowest BCUT2D eigenvalue weighted by atomic mass is 10.2. The Morgan fingerprint density at radius 3 is 2.38 bits per heavy atom. The van der Waals surface area contributed by atoms with Crippen molar-refractivity contribution in [3.63, 3.8) is 0 Å². The smallest absolute Gasteiger partial charge is 0.245 e. The molecule has 0 fully saturated rings. The lowest BCUT2D eigenvalue weighted by Gasteiger charge is -2.29. The van der Waals surface area contributed by atoms with Gasteiger partial charge in [-0.25, -0.2) is 13.4 Å². The highest BCUT2D eigenvalue weighted by Crippen LogP contribution is 2.26. The number of imidazole rings is 1. The van der Waals surface area contributed by atoms with Crippen LogP contribution in [-0.4, -0.2) is 40.3 Å². The average Bonchev–Trinajstić information content (AvgIpc) is 3.38. The maximum Gasteiger partial charge on any atom is 0.245 e. The fraction of sp³-hybridized carbons (Fsp3) is 0.167. The predicted octanol–water partition coefficient (Wildman–Crippen LogP) is 4.74. The highest BCUT2D eigenvalue weighted by Gasteiger charge is 2.28. The second-order valence-corrected chi connectivity index (χ2v) is 11.1. The minimum atomic E-state index is -3.90. The first kappa shape index (κ1) is 26.1. The van der Waals surface area contributed by atoms with E-state index in [1.165, 1.54) is 4.31 Å². The van der Waals surface area contributed by atoms with E-state index in [9.17, 15) is 13.7 Å². The summed E-state index contributed by atoms with van der Waals surface area (Å²) < 4.78 is 31.8. The van der Waals surface area contributed by atoms with Crippen LogP contribution in [0.2, 0.25) is 0 Å². The van der Waals surface area contributed by atoms with Crippen LogP contribution in [0.25, 0.3) is 10.9 Å². The molecular weight excluding hydrogens is 508 g/mol. The van der Waals surface area contributed by atoms with E-state index in [1.807, 2.05) is 66.2 Å². The third-order valence-electron chi connectivity index (χ3n) is 6.67. The molecule has 0 spiro atoms. The summed E-state index contributed by atoms with van der Waals surface area (Å²) in [6.45, 7) is 1.40. The molecule has 8 nitrogen and oxygen atoms in total. The Morgan fingerprint density at radius 2 is 1.67 bits per heavy atom. The van der Waals surface area contributed by atoms with Crippen molar-refractivity contribution < 1.29 is 8.42 Å². The summed E-state index contributed by atoms with van der Waals surface area (Å²) in [5, 5.41) is 10.0. The van der Waals surface area contributed by atoms with Gasteiger partial charge in [0.1, 0.15) is 4.90 Å². The molecule has 2 heterocycles. The zero-order chi connectivity index (χ0) is 27.2. The maximum atomic E-state index is 14.2. The fourth-order valence-electron chi connectivity index (χ4n) is 4.51. The number of hydrogen-bond acceptors (Lipinski definition) is 6. The molecule has 0 saturated heterocycles. The summed E-state index contributed by atoms with van der Waals surface area (Å²) in [5.41, 5.74) is 3.79. The predicted molar refractivity (Wildman–Crippen MR) is 151 cm³/mol. The molecule has 9 heteroatoms. The third-order valence-corrected chi connectivity index (χ3v) is 8.54. The molecule has 0 aliphatic carbocycles. The number of sulfonamides is 1. The molecule has 39 heavy (non-hydrogen) atoms. The molecule has 0 radical (unpaired) electrons. The molecule has 0 unspecified atom stereocenters. The lowest BCUT2D eigenvalue weighted by molar-refractivity contribution is 0.409. The Morgan fingerprint density at radius 1 is 0.897 bits per heavy atom. The molecule has 196 valence electrons. The van der Waals surface area contributed by atoms with Gasteiger partial charge >= 0.3 is 0 Å². The van der Waals surface area contributed by atoms with Gasteiger partial charge in [0.2, 0.25) is 10.0 Å². The van der Waals surface area contributed by atoms with Crippen molar-refractivity contribution in [1.82, 2.24) is 18.8 Å². The summed E-state index contributed by atoms with van der Waals surface area (Å²) >= 11 is 0. The van der Waals surface area contributed by atoms with Gasteiger partial charge in [-0.2, -0.15) is 9.57 Å². The lowest BCUT2D eigenvalue weighted by Crippen LogP contribution is -2.38. The number of benzene rings is 3. The molecule has 0 amide bonds. The summed E-state index contributed by atoms with van der Waals surface area (Å²) in [7, 11) is -1.97. The minimum absolute atomic E-state index is 0.188.